The molecule has 0 aliphatic carbocycles. The van der Waals surface area contributed by atoms with Gasteiger partial charge in [0, 0.05) is 13.5 Å². The fourth-order valence-electron chi connectivity index (χ4n) is 3.31. The van der Waals surface area contributed by atoms with Crippen LogP contribution in [-0.2, 0) is 27.2 Å². The van der Waals surface area contributed by atoms with Crippen molar-refractivity contribution in [1.29, 1.82) is 0 Å². The molecule has 2 rings (SSSR count). The summed E-state index contributed by atoms with van der Waals surface area (Å²) >= 11 is 1.03. The predicted molar refractivity (Wildman–Crippen MR) is 127 cm³/mol. The molecule has 0 heterocycles. The van der Waals surface area contributed by atoms with Crippen molar-refractivity contribution in [3.05, 3.63) is 71.8 Å². The molecule has 2 N–H and O–H groups in total. The smallest absolute Gasteiger partial charge is 0.242 e. The lowest BCUT2D eigenvalue weighted by atomic mass is 10.1. The molecule has 0 fully saturated rings. The molecule has 166 valence electrons. The number of carbonyl (C=O) groups excluding carboxylic acids is 3. The molecule has 0 spiro atoms. The Labute approximate surface area is 189 Å². The van der Waals surface area contributed by atoms with E-state index < -0.39 is 11.3 Å². The Morgan fingerprint density at radius 2 is 1.42 bits per heavy atom. The Hall–Kier alpha value is -2.60. The predicted octanol–water partition coefficient (Wildman–Crippen LogP) is 3.91. The van der Waals surface area contributed by atoms with Crippen LogP contribution in [0.2, 0.25) is 0 Å². The van der Waals surface area contributed by atoms with E-state index in [9.17, 15) is 14.4 Å². The Balaban J connectivity index is 1.92. The zero-order chi connectivity index (χ0) is 22.5. The summed E-state index contributed by atoms with van der Waals surface area (Å²) in [5, 5.41) is 5.19. The van der Waals surface area contributed by atoms with Gasteiger partial charge in [0.05, 0.1) is 5.25 Å². The fourth-order valence-corrected chi connectivity index (χ4v) is 4.12. The SMILES string of the molecule is CCCC(NC(=O)C(CCc1ccccc1)SC(C)=O)C(=O)NCCc1ccccc1. The lowest BCUT2D eigenvalue weighted by Gasteiger charge is -2.21. The maximum Gasteiger partial charge on any atom is 0.242 e. The summed E-state index contributed by atoms with van der Waals surface area (Å²) in [4.78, 5) is 37.3. The maximum atomic E-state index is 12.9. The average molecular weight is 441 g/mol. The zero-order valence-electron chi connectivity index (χ0n) is 18.3. The van der Waals surface area contributed by atoms with Crippen LogP contribution >= 0.6 is 11.8 Å². The van der Waals surface area contributed by atoms with Crippen LogP contribution in [-0.4, -0.2) is 34.8 Å². The highest BCUT2D eigenvalue weighted by molar-refractivity contribution is 8.14. The molecule has 0 bridgehead atoms. The summed E-state index contributed by atoms with van der Waals surface area (Å²) in [5.74, 6) is -0.437. The number of amides is 2. The van der Waals surface area contributed by atoms with Gasteiger partial charge in [-0.2, -0.15) is 0 Å². The Bertz CT molecular complexity index is 827. The highest BCUT2D eigenvalue weighted by Crippen LogP contribution is 2.19. The van der Waals surface area contributed by atoms with Gasteiger partial charge in [-0.3, -0.25) is 14.4 Å². The van der Waals surface area contributed by atoms with Gasteiger partial charge in [0.25, 0.3) is 0 Å². The van der Waals surface area contributed by atoms with Crippen molar-refractivity contribution in [2.24, 2.45) is 0 Å². The van der Waals surface area contributed by atoms with Crippen LogP contribution in [0.25, 0.3) is 0 Å². The monoisotopic (exact) mass is 440 g/mol. The molecule has 0 aromatic heterocycles. The number of benzene rings is 2. The molecule has 2 amide bonds. The Kier molecular flexibility index (Phi) is 10.9. The van der Waals surface area contributed by atoms with E-state index in [1.807, 2.05) is 67.6 Å². The van der Waals surface area contributed by atoms with Crippen LogP contribution in [0.1, 0.15) is 44.2 Å². The Morgan fingerprint density at radius 3 is 1.97 bits per heavy atom. The van der Waals surface area contributed by atoms with Gasteiger partial charge < -0.3 is 10.6 Å². The molecule has 2 aromatic carbocycles. The number of nitrogens with one attached hydrogen (secondary N) is 2. The van der Waals surface area contributed by atoms with Gasteiger partial charge in [-0.15, -0.1) is 0 Å². The van der Waals surface area contributed by atoms with Crippen LogP contribution in [0.4, 0.5) is 0 Å². The van der Waals surface area contributed by atoms with Crippen LogP contribution < -0.4 is 10.6 Å². The van der Waals surface area contributed by atoms with E-state index in [0.29, 0.717) is 25.8 Å². The minimum Gasteiger partial charge on any atom is -0.354 e. The first-order valence-corrected chi connectivity index (χ1v) is 11.7. The quantitative estimate of drug-likeness (QED) is 0.525. The summed E-state index contributed by atoms with van der Waals surface area (Å²) in [7, 11) is 0. The van der Waals surface area contributed by atoms with E-state index in [4.69, 9.17) is 0 Å². The first-order chi connectivity index (χ1) is 15.0. The summed E-state index contributed by atoms with van der Waals surface area (Å²) in [6.07, 6.45) is 3.29. The van der Waals surface area contributed by atoms with Gasteiger partial charge in [0.1, 0.15) is 6.04 Å². The molecule has 0 saturated carbocycles. The first-order valence-electron chi connectivity index (χ1n) is 10.8. The number of carbonyl (C=O) groups is 3. The number of rotatable bonds is 12. The van der Waals surface area contributed by atoms with Crippen LogP contribution in [0.3, 0.4) is 0 Å². The topological polar surface area (TPSA) is 75.3 Å². The molecule has 2 atom stereocenters. The number of aryl methyl sites for hydroxylation is 1. The van der Waals surface area contributed by atoms with E-state index >= 15 is 0 Å². The van der Waals surface area contributed by atoms with E-state index in [1.165, 1.54) is 6.92 Å². The molecule has 5 nitrogen and oxygen atoms in total. The van der Waals surface area contributed by atoms with E-state index in [0.717, 1.165) is 35.7 Å². The second kappa shape index (κ2) is 13.7. The van der Waals surface area contributed by atoms with Crippen molar-refractivity contribution in [2.45, 2.75) is 57.2 Å². The molecule has 0 radical (unpaired) electrons. The van der Waals surface area contributed by atoms with Crippen molar-refractivity contribution in [3.63, 3.8) is 0 Å². The zero-order valence-corrected chi connectivity index (χ0v) is 19.1. The molecule has 0 aliphatic heterocycles. The van der Waals surface area contributed by atoms with Gasteiger partial charge in [-0.05, 0) is 36.8 Å². The van der Waals surface area contributed by atoms with Gasteiger partial charge in [-0.1, -0.05) is 85.8 Å². The largest absolute Gasteiger partial charge is 0.354 e. The normalized spacial score (nSPS) is 12.6. The minimum absolute atomic E-state index is 0.104. The third-order valence-corrected chi connectivity index (χ3v) is 5.97. The second-order valence-electron chi connectivity index (χ2n) is 7.50. The highest BCUT2D eigenvalue weighted by Gasteiger charge is 2.26. The van der Waals surface area contributed by atoms with Crippen LogP contribution in [0, 0.1) is 0 Å². The summed E-state index contributed by atoms with van der Waals surface area (Å²) in [5.41, 5.74) is 2.27. The third-order valence-electron chi connectivity index (χ3n) is 4.90. The molecule has 0 saturated heterocycles. The molecule has 0 aliphatic rings. The standard InChI is InChI=1S/C25H32N2O3S/c1-3-10-22(24(29)26-18-17-21-13-8-5-9-14-21)27-25(30)23(31-19(2)28)16-15-20-11-6-4-7-12-20/h4-9,11-14,22-23H,3,10,15-18H2,1-2H3,(H,26,29)(H,27,30). The molecular formula is C25H32N2O3S. The molecule has 2 aromatic rings. The second-order valence-corrected chi connectivity index (χ2v) is 8.88. The van der Waals surface area contributed by atoms with E-state index in [-0.39, 0.29) is 16.9 Å². The van der Waals surface area contributed by atoms with Crippen molar-refractivity contribution in [2.75, 3.05) is 6.54 Å². The molecule has 2 unspecified atom stereocenters. The van der Waals surface area contributed by atoms with E-state index in [1.54, 1.807) is 0 Å². The van der Waals surface area contributed by atoms with Crippen molar-refractivity contribution >= 4 is 28.7 Å². The fraction of sp³-hybridized carbons (Fsp3) is 0.400. The molecule has 31 heavy (non-hydrogen) atoms. The summed E-state index contributed by atoms with van der Waals surface area (Å²) < 4.78 is 0. The Morgan fingerprint density at radius 1 is 0.839 bits per heavy atom. The molecule has 6 heteroatoms. The van der Waals surface area contributed by atoms with E-state index in [2.05, 4.69) is 10.6 Å². The van der Waals surface area contributed by atoms with Gasteiger partial charge in [0.15, 0.2) is 5.12 Å². The summed E-state index contributed by atoms with van der Waals surface area (Å²) in [6, 6.07) is 19.2. The lowest BCUT2D eigenvalue weighted by Crippen LogP contribution is -2.49. The maximum absolute atomic E-state index is 12.9. The van der Waals surface area contributed by atoms with Gasteiger partial charge in [-0.25, -0.2) is 0 Å². The molecular weight excluding hydrogens is 408 g/mol. The number of hydrogen-bond donors (Lipinski definition) is 2. The van der Waals surface area contributed by atoms with Crippen LogP contribution in [0.5, 0.6) is 0 Å². The van der Waals surface area contributed by atoms with Gasteiger partial charge in [0.2, 0.25) is 11.8 Å². The highest BCUT2D eigenvalue weighted by atomic mass is 32.2. The van der Waals surface area contributed by atoms with Gasteiger partial charge >= 0.3 is 0 Å². The first kappa shape index (κ1) is 24.7. The van der Waals surface area contributed by atoms with Crippen molar-refractivity contribution in [1.82, 2.24) is 10.6 Å². The minimum atomic E-state index is -0.597. The van der Waals surface area contributed by atoms with Crippen molar-refractivity contribution < 1.29 is 14.4 Å². The lowest BCUT2D eigenvalue weighted by molar-refractivity contribution is -0.129. The number of thioether (sulfide) groups is 1. The summed E-state index contributed by atoms with van der Waals surface area (Å²) in [6.45, 7) is 3.96. The third kappa shape index (κ3) is 9.39. The number of hydrogen-bond acceptors (Lipinski definition) is 4. The van der Waals surface area contributed by atoms with Crippen LogP contribution in [0.15, 0.2) is 60.7 Å². The van der Waals surface area contributed by atoms with Crippen molar-refractivity contribution in [3.8, 4) is 0 Å². The average Bonchev–Trinajstić information content (AvgIpc) is 2.77.